The van der Waals surface area contributed by atoms with Crippen LogP contribution in [-0.2, 0) is 6.54 Å². The predicted molar refractivity (Wildman–Crippen MR) is 55.0 cm³/mol. The minimum Gasteiger partial charge on any atom is -0.289 e. The van der Waals surface area contributed by atoms with Gasteiger partial charge in [0.05, 0.1) is 23.6 Å². The largest absolute Gasteiger partial charge is 0.289 e. The van der Waals surface area contributed by atoms with Crippen molar-refractivity contribution in [2.24, 2.45) is 0 Å². The second kappa shape index (κ2) is 5.19. The Morgan fingerprint density at radius 1 is 1.56 bits per heavy atom. The van der Waals surface area contributed by atoms with E-state index in [-0.39, 0.29) is 12.2 Å². The van der Waals surface area contributed by atoms with Crippen LogP contribution in [0.25, 0.3) is 0 Å². The standard InChI is InChI=1S/C10H10FN3O2/c1-13(3-2-12)7-8-4-9(11)6-10(5-8)14(15)16/h4-6H,3,7H2,1H3. The number of nitro groups is 1. The van der Waals surface area contributed by atoms with Gasteiger partial charge in [0.15, 0.2) is 0 Å². The lowest BCUT2D eigenvalue weighted by atomic mass is 10.2. The Morgan fingerprint density at radius 3 is 2.81 bits per heavy atom. The first-order chi connectivity index (χ1) is 7.52. The van der Waals surface area contributed by atoms with Crippen LogP contribution in [0.15, 0.2) is 18.2 Å². The number of hydrogen-bond donors (Lipinski definition) is 0. The fourth-order valence-corrected chi connectivity index (χ4v) is 1.32. The van der Waals surface area contributed by atoms with E-state index in [1.165, 1.54) is 12.1 Å². The van der Waals surface area contributed by atoms with Gasteiger partial charge in [-0.3, -0.25) is 15.0 Å². The summed E-state index contributed by atoms with van der Waals surface area (Å²) in [7, 11) is 1.68. The number of nitro benzene ring substituents is 1. The Balaban J connectivity index is 2.89. The van der Waals surface area contributed by atoms with Crippen LogP contribution in [0.5, 0.6) is 0 Å². The molecule has 5 nitrogen and oxygen atoms in total. The summed E-state index contributed by atoms with van der Waals surface area (Å²) in [6, 6.07) is 5.33. The lowest BCUT2D eigenvalue weighted by molar-refractivity contribution is -0.385. The normalized spacial score (nSPS) is 10.1. The Hall–Kier alpha value is -2.00. The summed E-state index contributed by atoms with van der Waals surface area (Å²) in [5.74, 6) is -0.644. The molecule has 6 heteroatoms. The first kappa shape index (κ1) is 12.1. The molecule has 16 heavy (non-hydrogen) atoms. The summed E-state index contributed by atoms with van der Waals surface area (Å²) in [5.41, 5.74) is 0.199. The van der Waals surface area contributed by atoms with Crippen molar-refractivity contribution < 1.29 is 9.31 Å². The van der Waals surface area contributed by atoms with Gasteiger partial charge in [-0.1, -0.05) is 0 Å². The smallest absolute Gasteiger partial charge is 0.272 e. The molecule has 0 N–H and O–H groups in total. The highest BCUT2D eigenvalue weighted by Crippen LogP contribution is 2.17. The summed E-state index contributed by atoms with van der Waals surface area (Å²) >= 11 is 0. The highest BCUT2D eigenvalue weighted by Gasteiger charge is 2.10. The van der Waals surface area contributed by atoms with Crippen molar-refractivity contribution in [3.05, 3.63) is 39.7 Å². The maximum Gasteiger partial charge on any atom is 0.272 e. The minimum atomic E-state index is -0.644. The average Bonchev–Trinajstić information content (AvgIpc) is 2.16. The number of halogens is 1. The predicted octanol–water partition coefficient (Wildman–Crippen LogP) is 1.69. The molecule has 1 aromatic rings. The van der Waals surface area contributed by atoms with Gasteiger partial charge in [0.25, 0.3) is 5.69 Å². The van der Waals surface area contributed by atoms with Gasteiger partial charge in [-0.25, -0.2) is 4.39 Å². The van der Waals surface area contributed by atoms with Crippen molar-refractivity contribution in [1.29, 1.82) is 5.26 Å². The number of nitrogens with zero attached hydrogens (tertiary/aromatic N) is 3. The van der Waals surface area contributed by atoms with E-state index >= 15 is 0 Å². The summed E-state index contributed by atoms with van der Waals surface area (Å²) in [6.07, 6.45) is 0. The molecule has 0 atom stereocenters. The summed E-state index contributed by atoms with van der Waals surface area (Å²) in [6.45, 7) is 0.483. The van der Waals surface area contributed by atoms with Crippen LogP contribution in [0.2, 0.25) is 0 Å². The lowest BCUT2D eigenvalue weighted by Gasteiger charge is -2.11. The van der Waals surface area contributed by atoms with E-state index in [4.69, 9.17) is 5.26 Å². The van der Waals surface area contributed by atoms with Crippen LogP contribution in [0, 0.1) is 27.3 Å². The second-order valence-corrected chi connectivity index (χ2v) is 3.41. The molecule has 0 aliphatic carbocycles. The van der Waals surface area contributed by atoms with E-state index in [1.54, 1.807) is 11.9 Å². The number of benzene rings is 1. The first-order valence-corrected chi connectivity index (χ1v) is 4.52. The molecule has 0 fully saturated rings. The fraction of sp³-hybridized carbons (Fsp3) is 0.300. The van der Waals surface area contributed by atoms with Gasteiger partial charge in [-0.05, 0) is 18.7 Å². The Bertz CT molecular complexity index is 442. The first-order valence-electron chi connectivity index (χ1n) is 4.52. The van der Waals surface area contributed by atoms with Gasteiger partial charge in [0.2, 0.25) is 0 Å². The zero-order chi connectivity index (χ0) is 12.1. The number of non-ortho nitro benzene ring substituents is 1. The van der Waals surface area contributed by atoms with E-state index in [0.29, 0.717) is 12.1 Å². The summed E-state index contributed by atoms with van der Waals surface area (Å²) < 4.78 is 13.0. The molecule has 0 spiro atoms. The summed E-state index contributed by atoms with van der Waals surface area (Å²) in [5, 5.41) is 18.9. The van der Waals surface area contributed by atoms with E-state index < -0.39 is 10.7 Å². The van der Waals surface area contributed by atoms with Crippen molar-refractivity contribution in [2.75, 3.05) is 13.6 Å². The van der Waals surface area contributed by atoms with Crippen molar-refractivity contribution in [2.45, 2.75) is 6.54 Å². The van der Waals surface area contributed by atoms with E-state index in [2.05, 4.69) is 0 Å². The zero-order valence-corrected chi connectivity index (χ0v) is 8.68. The van der Waals surface area contributed by atoms with Gasteiger partial charge in [0.1, 0.15) is 5.82 Å². The maximum atomic E-state index is 13.0. The molecule has 0 saturated heterocycles. The number of nitriles is 1. The molecule has 0 saturated carbocycles. The van der Waals surface area contributed by atoms with Crippen molar-refractivity contribution in [3.8, 4) is 6.07 Å². The third kappa shape index (κ3) is 3.29. The molecule has 0 unspecified atom stereocenters. The number of hydrogen-bond acceptors (Lipinski definition) is 4. The Labute approximate surface area is 91.9 Å². The molecule has 0 aliphatic heterocycles. The molecule has 1 aromatic carbocycles. The van der Waals surface area contributed by atoms with Gasteiger partial charge in [0, 0.05) is 12.6 Å². The highest BCUT2D eigenvalue weighted by molar-refractivity contribution is 5.35. The molecular weight excluding hydrogens is 213 g/mol. The molecule has 0 radical (unpaired) electrons. The molecule has 0 amide bonds. The second-order valence-electron chi connectivity index (χ2n) is 3.41. The van der Waals surface area contributed by atoms with Gasteiger partial charge < -0.3 is 0 Å². The monoisotopic (exact) mass is 223 g/mol. The average molecular weight is 223 g/mol. The molecular formula is C10H10FN3O2. The molecule has 0 bridgehead atoms. The fourth-order valence-electron chi connectivity index (χ4n) is 1.32. The third-order valence-electron chi connectivity index (χ3n) is 1.95. The third-order valence-corrected chi connectivity index (χ3v) is 1.95. The van der Waals surface area contributed by atoms with Crippen LogP contribution in [0.4, 0.5) is 10.1 Å². The van der Waals surface area contributed by atoms with E-state index in [0.717, 1.165) is 6.07 Å². The number of rotatable bonds is 4. The van der Waals surface area contributed by atoms with Gasteiger partial charge in [-0.2, -0.15) is 5.26 Å². The highest BCUT2D eigenvalue weighted by atomic mass is 19.1. The SMILES string of the molecule is CN(CC#N)Cc1cc(F)cc([N+](=O)[O-])c1. The Morgan fingerprint density at radius 2 is 2.25 bits per heavy atom. The van der Waals surface area contributed by atoms with Crippen LogP contribution < -0.4 is 0 Å². The molecule has 1 rings (SSSR count). The molecule has 0 aliphatic rings. The molecule has 84 valence electrons. The van der Waals surface area contributed by atoms with Crippen LogP contribution in [-0.4, -0.2) is 23.4 Å². The van der Waals surface area contributed by atoms with Crippen LogP contribution in [0.1, 0.15) is 5.56 Å². The van der Waals surface area contributed by atoms with E-state index in [9.17, 15) is 14.5 Å². The van der Waals surface area contributed by atoms with Crippen molar-refractivity contribution in [3.63, 3.8) is 0 Å². The van der Waals surface area contributed by atoms with Gasteiger partial charge >= 0.3 is 0 Å². The van der Waals surface area contributed by atoms with Gasteiger partial charge in [-0.15, -0.1) is 0 Å². The lowest BCUT2D eigenvalue weighted by Crippen LogP contribution is -2.17. The molecule has 0 heterocycles. The minimum absolute atomic E-state index is 0.185. The van der Waals surface area contributed by atoms with Crippen LogP contribution in [0.3, 0.4) is 0 Å². The zero-order valence-electron chi connectivity index (χ0n) is 8.68. The maximum absolute atomic E-state index is 13.0. The van der Waals surface area contributed by atoms with Crippen molar-refractivity contribution in [1.82, 2.24) is 4.90 Å². The quantitative estimate of drug-likeness (QED) is 0.442. The summed E-state index contributed by atoms with van der Waals surface area (Å²) in [4.78, 5) is 11.5. The van der Waals surface area contributed by atoms with Crippen LogP contribution >= 0.6 is 0 Å². The Kier molecular flexibility index (Phi) is 3.91. The van der Waals surface area contributed by atoms with Crippen molar-refractivity contribution >= 4 is 5.69 Å². The topological polar surface area (TPSA) is 70.2 Å². The van der Waals surface area contributed by atoms with E-state index in [1.807, 2.05) is 6.07 Å². The molecule has 0 aromatic heterocycles.